The summed E-state index contributed by atoms with van der Waals surface area (Å²) >= 11 is 0. The maximum atomic E-state index is 12.3. The van der Waals surface area contributed by atoms with E-state index < -0.39 is 0 Å². The summed E-state index contributed by atoms with van der Waals surface area (Å²) in [5.41, 5.74) is 1.58. The van der Waals surface area contributed by atoms with Crippen molar-refractivity contribution in [3.8, 4) is 0 Å². The molecule has 0 bridgehead atoms. The lowest BCUT2D eigenvalue weighted by Crippen LogP contribution is -2.42. The molecule has 1 amide bonds. The largest absolute Gasteiger partial charge is 0.348 e. The first-order valence-corrected chi connectivity index (χ1v) is 7.72. The predicted molar refractivity (Wildman–Crippen MR) is 79.8 cm³/mol. The van der Waals surface area contributed by atoms with E-state index >= 15 is 0 Å². The molecular formula is C15H26N4O. The smallest absolute Gasteiger partial charge is 0.269 e. The number of hydrogen-bond donors (Lipinski definition) is 2. The van der Waals surface area contributed by atoms with Crippen LogP contribution in [-0.4, -0.2) is 34.3 Å². The van der Waals surface area contributed by atoms with Gasteiger partial charge in [-0.15, -0.1) is 0 Å². The molecule has 20 heavy (non-hydrogen) atoms. The van der Waals surface area contributed by atoms with Crippen molar-refractivity contribution in [3.63, 3.8) is 0 Å². The van der Waals surface area contributed by atoms with Gasteiger partial charge in [0.05, 0.1) is 5.69 Å². The zero-order valence-corrected chi connectivity index (χ0v) is 12.8. The summed E-state index contributed by atoms with van der Waals surface area (Å²) in [4.78, 5) is 12.3. The molecular weight excluding hydrogens is 252 g/mol. The lowest BCUT2D eigenvalue weighted by Gasteiger charge is -2.29. The summed E-state index contributed by atoms with van der Waals surface area (Å²) in [6.45, 7) is 7.82. The number of carbonyl (C=O) groups is 1. The van der Waals surface area contributed by atoms with Gasteiger partial charge in [-0.05, 0) is 52.1 Å². The minimum atomic E-state index is 0.0133. The molecule has 0 aromatic carbocycles. The molecule has 2 rings (SSSR count). The van der Waals surface area contributed by atoms with Crippen molar-refractivity contribution in [3.05, 3.63) is 17.5 Å². The molecule has 1 aliphatic carbocycles. The van der Waals surface area contributed by atoms with Gasteiger partial charge in [-0.3, -0.25) is 9.48 Å². The summed E-state index contributed by atoms with van der Waals surface area (Å²) in [6.07, 6.45) is 4.40. The summed E-state index contributed by atoms with van der Waals surface area (Å²) in [6, 6.07) is 2.79. The average molecular weight is 278 g/mol. The molecule has 0 atom stereocenters. The Morgan fingerprint density at radius 2 is 1.95 bits per heavy atom. The lowest BCUT2D eigenvalue weighted by atomic mass is 9.91. The third-order valence-corrected chi connectivity index (χ3v) is 3.99. The van der Waals surface area contributed by atoms with E-state index in [1.54, 1.807) is 4.68 Å². The summed E-state index contributed by atoms with van der Waals surface area (Å²) in [5, 5.41) is 11.0. The van der Waals surface area contributed by atoms with Gasteiger partial charge < -0.3 is 10.6 Å². The van der Waals surface area contributed by atoms with E-state index in [2.05, 4.69) is 22.7 Å². The number of nitrogens with zero attached hydrogens (tertiary/aromatic N) is 2. The highest BCUT2D eigenvalue weighted by Gasteiger charge is 2.23. The van der Waals surface area contributed by atoms with Gasteiger partial charge in [-0.1, -0.05) is 6.92 Å². The van der Waals surface area contributed by atoms with Crippen molar-refractivity contribution in [1.29, 1.82) is 0 Å². The van der Waals surface area contributed by atoms with Crippen LogP contribution in [-0.2, 0) is 6.54 Å². The Kier molecular flexibility index (Phi) is 5.17. The minimum Gasteiger partial charge on any atom is -0.348 e. The number of aryl methyl sites for hydroxylation is 2. The topological polar surface area (TPSA) is 58.9 Å². The number of carbonyl (C=O) groups excluding carboxylic acids is 1. The molecule has 1 heterocycles. The van der Waals surface area contributed by atoms with Gasteiger partial charge in [-0.2, -0.15) is 5.10 Å². The quantitative estimate of drug-likeness (QED) is 0.864. The van der Waals surface area contributed by atoms with Crippen LogP contribution in [0.15, 0.2) is 6.07 Å². The lowest BCUT2D eigenvalue weighted by molar-refractivity contribution is 0.0913. The first kappa shape index (κ1) is 15.0. The molecule has 1 aliphatic rings. The van der Waals surface area contributed by atoms with Gasteiger partial charge in [0.2, 0.25) is 0 Å². The van der Waals surface area contributed by atoms with Crippen molar-refractivity contribution in [2.75, 3.05) is 6.54 Å². The summed E-state index contributed by atoms with van der Waals surface area (Å²) in [7, 11) is 0. The van der Waals surface area contributed by atoms with Crippen molar-refractivity contribution >= 4 is 5.91 Å². The molecule has 0 unspecified atom stereocenters. The van der Waals surface area contributed by atoms with Gasteiger partial charge in [0, 0.05) is 18.6 Å². The van der Waals surface area contributed by atoms with E-state index in [1.165, 1.54) is 0 Å². The van der Waals surface area contributed by atoms with E-state index in [0.717, 1.165) is 44.5 Å². The Hall–Kier alpha value is -1.36. The van der Waals surface area contributed by atoms with Crippen LogP contribution in [0, 0.1) is 6.92 Å². The highest BCUT2D eigenvalue weighted by Crippen LogP contribution is 2.19. The molecule has 1 aromatic rings. The molecule has 0 aliphatic heterocycles. The van der Waals surface area contributed by atoms with Crippen LogP contribution < -0.4 is 10.6 Å². The molecule has 1 fully saturated rings. The van der Waals surface area contributed by atoms with E-state index in [9.17, 15) is 4.79 Å². The second-order valence-electron chi connectivity index (χ2n) is 5.57. The normalized spacial score (nSPS) is 22.8. The molecule has 5 nitrogen and oxygen atoms in total. The maximum Gasteiger partial charge on any atom is 0.269 e. The Morgan fingerprint density at radius 1 is 1.30 bits per heavy atom. The second-order valence-corrected chi connectivity index (χ2v) is 5.57. The van der Waals surface area contributed by atoms with Crippen molar-refractivity contribution in [1.82, 2.24) is 20.4 Å². The fraction of sp³-hybridized carbons (Fsp3) is 0.733. The molecule has 1 aromatic heterocycles. The van der Waals surface area contributed by atoms with Crippen molar-refractivity contribution in [2.24, 2.45) is 0 Å². The van der Waals surface area contributed by atoms with E-state index in [1.807, 2.05) is 19.9 Å². The molecule has 2 N–H and O–H groups in total. The zero-order chi connectivity index (χ0) is 14.5. The third-order valence-electron chi connectivity index (χ3n) is 3.99. The highest BCUT2D eigenvalue weighted by atomic mass is 16.2. The van der Waals surface area contributed by atoms with Crippen LogP contribution in [0.5, 0.6) is 0 Å². The van der Waals surface area contributed by atoms with Crippen molar-refractivity contribution < 1.29 is 4.79 Å². The standard InChI is InChI=1S/C15H26N4O/c1-4-16-12-6-8-13(9-7-12)17-15(20)14-10-11(3)18-19(14)5-2/h10,12-13,16H,4-9H2,1-3H3,(H,17,20). The van der Waals surface area contributed by atoms with Gasteiger partial charge in [0.15, 0.2) is 0 Å². The average Bonchev–Trinajstić information content (AvgIpc) is 2.82. The number of amides is 1. The van der Waals surface area contributed by atoms with Crippen LogP contribution in [0.2, 0.25) is 0 Å². The highest BCUT2D eigenvalue weighted by molar-refractivity contribution is 5.92. The molecule has 0 saturated heterocycles. The van der Waals surface area contributed by atoms with Crippen LogP contribution in [0.25, 0.3) is 0 Å². The van der Waals surface area contributed by atoms with Gasteiger partial charge in [0.1, 0.15) is 5.69 Å². The SMILES string of the molecule is CCNC1CCC(NC(=O)c2cc(C)nn2CC)CC1. The monoisotopic (exact) mass is 278 g/mol. The van der Waals surface area contributed by atoms with Crippen molar-refractivity contribution in [2.45, 2.75) is 65.1 Å². The fourth-order valence-electron chi connectivity index (χ4n) is 2.96. The number of rotatable bonds is 5. The first-order chi connectivity index (χ1) is 9.63. The number of aromatic nitrogens is 2. The predicted octanol–water partition coefficient (Wildman–Crippen LogP) is 1.86. The number of nitrogens with one attached hydrogen (secondary N) is 2. The van der Waals surface area contributed by atoms with E-state index in [4.69, 9.17) is 0 Å². The van der Waals surface area contributed by atoms with Gasteiger partial charge in [-0.25, -0.2) is 0 Å². The molecule has 0 spiro atoms. The van der Waals surface area contributed by atoms with Crippen LogP contribution in [0.1, 0.15) is 55.7 Å². The molecule has 0 radical (unpaired) electrons. The Morgan fingerprint density at radius 3 is 2.55 bits per heavy atom. The first-order valence-electron chi connectivity index (χ1n) is 7.72. The summed E-state index contributed by atoms with van der Waals surface area (Å²) < 4.78 is 1.77. The third kappa shape index (κ3) is 3.60. The van der Waals surface area contributed by atoms with Gasteiger partial charge in [0.25, 0.3) is 5.91 Å². The van der Waals surface area contributed by atoms with Crippen LogP contribution in [0.3, 0.4) is 0 Å². The Balaban J connectivity index is 1.89. The molecule has 5 heteroatoms. The summed E-state index contributed by atoms with van der Waals surface area (Å²) in [5.74, 6) is 0.0133. The zero-order valence-electron chi connectivity index (χ0n) is 12.8. The minimum absolute atomic E-state index is 0.0133. The van der Waals surface area contributed by atoms with Crippen LogP contribution >= 0.6 is 0 Å². The van der Waals surface area contributed by atoms with Gasteiger partial charge >= 0.3 is 0 Å². The maximum absolute atomic E-state index is 12.3. The molecule has 1 saturated carbocycles. The van der Waals surface area contributed by atoms with Crippen LogP contribution in [0.4, 0.5) is 0 Å². The Bertz CT molecular complexity index is 447. The number of hydrogen-bond acceptors (Lipinski definition) is 3. The van der Waals surface area contributed by atoms with E-state index in [0.29, 0.717) is 17.8 Å². The Labute approximate surface area is 121 Å². The van der Waals surface area contributed by atoms with E-state index in [-0.39, 0.29) is 5.91 Å². The second kappa shape index (κ2) is 6.88. The fourth-order valence-corrected chi connectivity index (χ4v) is 2.96. The molecule has 112 valence electrons.